The van der Waals surface area contributed by atoms with Crippen molar-refractivity contribution in [2.75, 3.05) is 18.0 Å². The first-order valence-electron chi connectivity index (χ1n) is 13.7. The first-order valence-corrected chi connectivity index (χ1v) is 13.7. The summed E-state index contributed by atoms with van der Waals surface area (Å²) in [5.41, 5.74) is 1.17. The van der Waals surface area contributed by atoms with E-state index in [1.165, 1.54) is 4.90 Å². The van der Waals surface area contributed by atoms with Gasteiger partial charge in [-0.05, 0) is 86.0 Å². The summed E-state index contributed by atoms with van der Waals surface area (Å²) in [6, 6.07) is 19.5. The van der Waals surface area contributed by atoms with Crippen LogP contribution in [0, 0.1) is 11.3 Å². The average Bonchev–Trinajstić information content (AvgIpc) is 2.95. The number of fused-ring (bicyclic) bond motifs is 1. The molecule has 1 aliphatic heterocycles. The van der Waals surface area contributed by atoms with E-state index in [1.54, 1.807) is 41.3 Å². The molecule has 3 aromatic rings. The van der Waals surface area contributed by atoms with Crippen molar-refractivity contribution >= 4 is 34.4 Å². The number of carboxylic acids is 1. The fourth-order valence-electron chi connectivity index (χ4n) is 5.01. The van der Waals surface area contributed by atoms with Gasteiger partial charge in [0.2, 0.25) is 0 Å². The molecule has 9 heteroatoms. The second kappa shape index (κ2) is 12.3. The van der Waals surface area contributed by atoms with Crippen LogP contribution >= 0.6 is 0 Å². The summed E-state index contributed by atoms with van der Waals surface area (Å²) in [4.78, 5) is 40.1. The van der Waals surface area contributed by atoms with Gasteiger partial charge in [-0.15, -0.1) is 0 Å². The summed E-state index contributed by atoms with van der Waals surface area (Å²) in [6.07, 6.45) is 1.36. The van der Waals surface area contributed by atoms with Crippen LogP contribution in [0.3, 0.4) is 0 Å². The summed E-state index contributed by atoms with van der Waals surface area (Å²) in [5.74, 6) is -1.99. The van der Waals surface area contributed by atoms with Crippen molar-refractivity contribution in [1.82, 2.24) is 4.90 Å². The minimum atomic E-state index is -1.55. The summed E-state index contributed by atoms with van der Waals surface area (Å²) in [7, 11) is 0. The number of carbonyl (C=O) groups is 3. The molecular formula is C32H35N3O6. The molecule has 1 aliphatic rings. The zero-order chi connectivity index (χ0) is 29.7. The van der Waals surface area contributed by atoms with Gasteiger partial charge < -0.3 is 19.5 Å². The van der Waals surface area contributed by atoms with Gasteiger partial charge in [0.25, 0.3) is 0 Å². The van der Waals surface area contributed by atoms with Crippen molar-refractivity contribution in [2.24, 2.45) is 0 Å². The van der Waals surface area contributed by atoms with Crippen LogP contribution in [-0.4, -0.2) is 52.8 Å². The highest BCUT2D eigenvalue weighted by Crippen LogP contribution is 2.33. The molecule has 2 amide bonds. The molecule has 0 radical (unpaired) electrons. The Bertz CT molecular complexity index is 1460. The Labute approximate surface area is 239 Å². The van der Waals surface area contributed by atoms with E-state index in [-0.39, 0.29) is 12.2 Å². The number of nitrogens with zero attached hydrogens (tertiary/aromatic N) is 3. The number of carbonyl (C=O) groups excluding carboxylic acids is 2. The third-order valence-electron chi connectivity index (χ3n) is 6.99. The van der Waals surface area contributed by atoms with Crippen molar-refractivity contribution in [2.45, 2.75) is 64.7 Å². The van der Waals surface area contributed by atoms with Crippen LogP contribution in [0.5, 0.6) is 5.75 Å². The van der Waals surface area contributed by atoms with E-state index < -0.39 is 23.5 Å². The first-order chi connectivity index (χ1) is 19.5. The minimum absolute atomic E-state index is 0.0874. The Kier molecular flexibility index (Phi) is 8.82. The summed E-state index contributed by atoms with van der Waals surface area (Å²) < 4.78 is 11.6. The lowest BCUT2D eigenvalue weighted by molar-refractivity contribution is -0.149. The van der Waals surface area contributed by atoms with E-state index in [0.717, 1.165) is 16.3 Å². The van der Waals surface area contributed by atoms with Crippen LogP contribution < -0.4 is 9.64 Å². The van der Waals surface area contributed by atoms with Crippen LogP contribution in [0.15, 0.2) is 60.7 Å². The maximum absolute atomic E-state index is 13.0. The number of nitriles is 1. The van der Waals surface area contributed by atoms with Gasteiger partial charge in [-0.3, -0.25) is 9.69 Å². The maximum Gasteiger partial charge on any atom is 0.410 e. The molecule has 41 heavy (non-hydrogen) atoms. The molecule has 1 N–H and O–H groups in total. The lowest BCUT2D eigenvalue weighted by Crippen LogP contribution is -2.44. The number of carboxylic acid groups (broad SMARTS) is 1. The van der Waals surface area contributed by atoms with Crippen LogP contribution in [0.2, 0.25) is 0 Å². The van der Waals surface area contributed by atoms with E-state index >= 15 is 0 Å². The molecule has 0 aromatic heterocycles. The normalized spacial score (nSPS) is 14.7. The average molecular weight is 558 g/mol. The fourth-order valence-corrected chi connectivity index (χ4v) is 5.01. The second-order valence-electron chi connectivity index (χ2n) is 11.1. The van der Waals surface area contributed by atoms with Crippen molar-refractivity contribution < 1.29 is 29.0 Å². The van der Waals surface area contributed by atoms with Crippen LogP contribution in [0.1, 0.15) is 64.1 Å². The van der Waals surface area contributed by atoms with E-state index in [4.69, 9.17) is 9.47 Å². The van der Waals surface area contributed by atoms with Crippen LogP contribution in [0.4, 0.5) is 10.5 Å². The lowest BCUT2D eigenvalue weighted by atomic mass is 9.97. The van der Waals surface area contributed by atoms with Gasteiger partial charge in [0, 0.05) is 31.6 Å². The van der Waals surface area contributed by atoms with E-state index in [1.807, 2.05) is 52.0 Å². The molecule has 0 aliphatic carbocycles. The molecule has 0 saturated carbocycles. The van der Waals surface area contributed by atoms with Crippen molar-refractivity contribution in [3.63, 3.8) is 0 Å². The first kappa shape index (κ1) is 29.4. The molecule has 3 aromatic carbocycles. The monoisotopic (exact) mass is 557 g/mol. The number of benzene rings is 3. The number of likely N-dealkylation sites (tertiary alicyclic amines) is 1. The highest BCUT2D eigenvalue weighted by atomic mass is 16.6. The van der Waals surface area contributed by atoms with Gasteiger partial charge >= 0.3 is 18.0 Å². The van der Waals surface area contributed by atoms with E-state index in [0.29, 0.717) is 49.4 Å². The Morgan fingerprint density at radius 3 is 2.27 bits per heavy atom. The summed E-state index contributed by atoms with van der Waals surface area (Å²) in [5, 5.41) is 20.7. The number of rotatable bonds is 6. The maximum atomic E-state index is 13.0. The van der Waals surface area contributed by atoms with Crippen molar-refractivity contribution in [3.05, 3.63) is 71.8 Å². The van der Waals surface area contributed by atoms with Crippen LogP contribution in [-0.2, 0) is 14.3 Å². The molecule has 9 nitrogen and oxygen atoms in total. The van der Waals surface area contributed by atoms with Gasteiger partial charge in [0.05, 0.1) is 17.7 Å². The van der Waals surface area contributed by atoms with E-state index in [2.05, 4.69) is 6.07 Å². The molecule has 214 valence electrons. The molecule has 0 spiro atoms. The van der Waals surface area contributed by atoms with Gasteiger partial charge in [-0.2, -0.15) is 5.26 Å². The molecule has 0 bridgehead atoms. The molecule has 1 atom stereocenters. The number of ether oxygens (including phenoxy) is 2. The number of piperidine rings is 1. The Balaban J connectivity index is 1.51. The molecule has 1 saturated heterocycles. The van der Waals surface area contributed by atoms with E-state index in [9.17, 15) is 24.8 Å². The van der Waals surface area contributed by atoms with Crippen molar-refractivity contribution in [1.29, 1.82) is 5.26 Å². The zero-order valence-electron chi connectivity index (χ0n) is 23.8. The fraction of sp³-hybridized carbons (Fsp3) is 0.375. The number of hydrogen-bond acceptors (Lipinski definition) is 6. The summed E-state index contributed by atoms with van der Waals surface area (Å²) in [6.45, 7) is 8.46. The Morgan fingerprint density at radius 1 is 1.02 bits per heavy atom. The standard InChI is InChI=1S/C32H35N3O6/c1-5-28(23-9-8-22-7-6-21(20-33)18-24(22)19-23)35(29(36)30(37)38)25-10-12-26(13-11-25)40-27-14-16-34(17-15-27)31(39)41-32(2,3)4/h6-13,18-19,27-28H,5,14-17H2,1-4H3,(H,37,38). The molecule has 1 fully saturated rings. The highest BCUT2D eigenvalue weighted by Gasteiger charge is 2.31. The molecular weight excluding hydrogens is 522 g/mol. The number of amides is 2. The Hall–Kier alpha value is -4.58. The third kappa shape index (κ3) is 7.14. The predicted molar refractivity (Wildman–Crippen MR) is 155 cm³/mol. The largest absolute Gasteiger partial charge is 0.490 e. The molecule has 4 rings (SSSR count). The SMILES string of the molecule is CCC(c1ccc2ccc(C#N)cc2c1)N(C(=O)C(=O)O)c1ccc(OC2CCN(C(=O)OC(C)(C)C)CC2)cc1. The Morgan fingerprint density at radius 2 is 1.68 bits per heavy atom. The highest BCUT2D eigenvalue weighted by molar-refractivity contribution is 6.37. The summed E-state index contributed by atoms with van der Waals surface area (Å²) >= 11 is 0. The number of hydrogen-bond donors (Lipinski definition) is 1. The topological polar surface area (TPSA) is 120 Å². The van der Waals surface area contributed by atoms with Crippen LogP contribution in [0.25, 0.3) is 10.8 Å². The van der Waals surface area contributed by atoms with Gasteiger partial charge in [-0.25, -0.2) is 9.59 Å². The number of aliphatic carboxylic acids is 1. The van der Waals surface area contributed by atoms with Gasteiger partial charge in [0.15, 0.2) is 0 Å². The second-order valence-corrected chi connectivity index (χ2v) is 11.1. The van der Waals surface area contributed by atoms with Crippen molar-refractivity contribution in [3.8, 4) is 11.8 Å². The smallest absolute Gasteiger partial charge is 0.410 e. The molecule has 1 unspecified atom stereocenters. The molecule has 1 heterocycles. The van der Waals surface area contributed by atoms with Gasteiger partial charge in [0.1, 0.15) is 17.5 Å². The zero-order valence-corrected chi connectivity index (χ0v) is 23.8. The third-order valence-corrected chi connectivity index (χ3v) is 6.99. The quantitative estimate of drug-likeness (QED) is 0.366. The predicted octanol–water partition coefficient (Wildman–Crippen LogP) is 6.06. The van der Waals surface area contributed by atoms with Gasteiger partial charge in [-0.1, -0.05) is 25.1 Å². The number of anilines is 1. The minimum Gasteiger partial charge on any atom is -0.490 e. The lowest BCUT2D eigenvalue weighted by Gasteiger charge is -2.33.